The largest absolute Gasteiger partial charge is 1.00 e. The average molecular weight is 289 g/mol. The summed E-state index contributed by atoms with van der Waals surface area (Å²) in [6.07, 6.45) is -0.0832. The third-order valence-corrected chi connectivity index (χ3v) is 2.16. The van der Waals surface area contributed by atoms with Gasteiger partial charge in [0.2, 0.25) is 0 Å². The fraction of sp³-hybridized carbons (Fsp3) is 0.700. The minimum absolute atomic E-state index is 0. The molecule has 0 spiro atoms. The molecule has 1 rings (SSSR count). The predicted molar refractivity (Wildman–Crippen MR) is 59.6 cm³/mol. The summed E-state index contributed by atoms with van der Waals surface area (Å²) in [5, 5.41) is 2.53. The zero-order valence-electron chi connectivity index (χ0n) is 11.1. The third-order valence-electron chi connectivity index (χ3n) is 2.16. The number of rotatable bonds is 2. The van der Waals surface area contributed by atoms with Crippen LogP contribution in [0.15, 0.2) is 11.5 Å². The van der Waals surface area contributed by atoms with Gasteiger partial charge in [0.05, 0.1) is 0 Å². The Bertz CT molecular complexity index is 331. The second-order valence-electron chi connectivity index (χ2n) is 5.20. The Labute approximate surface area is 147 Å². The Balaban J connectivity index is 0.00000289. The SMILES string of the molecule is CC(C)(C)OC(=O)NC1CC(=C[B-](F)(F)F)C1.[K+]. The molecule has 98 valence electrons. The van der Waals surface area contributed by atoms with E-state index in [1.807, 2.05) is 0 Å². The van der Waals surface area contributed by atoms with Crippen LogP contribution in [0.1, 0.15) is 33.6 Å². The minimum atomic E-state index is -4.87. The maximum Gasteiger partial charge on any atom is 1.00 e. The molecule has 0 saturated heterocycles. The molecular weight excluding hydrogens is 273 g/mol. The summed E-state index contributed by atoms with van der Waals surface area (Å²) in [5.74, 6) is 0.354. The Hall–Kier alpha value is 0.501. The summed E-state index contributed by atoms with van der Waals surface area (Å²) in [5.41, 5.74) is -0.264. The number of carbonyl (C=O) groups excluding carboxylic acids is 1. The molecule has 1 fully saturated rings. The van der Waals surface area contributed by atoms with Crippen molar-refractivity contribution in [2.24, 2.45) is 0 Å². The molecule has 1 amide bonds. The van der Waals surface area contributed by atoms with E-state index < -0.39 is 18.7 Å². The molecule has 3 nitrogen and oxygen atoms in total. The summed E-state index contributed by atoms with van der Waals surface area (Å²) >= 11 is 0. The van der Waals surface area contributed by atoms with Crippen molar-refractivity contribution in [3.05, 3.63) is 11.5 Å². The van der Waals surface area contributed by atoms with Gasteiger partial charge < -0.3 is 23.0 Å². The zero-order chi connectivity index (χ0) is 13.3. The van der Waals surface area contributed by atoms with Crippen LogP contribution in [0, 0.1) is 0 Å². The molecule has 1 N–H and O–H groups in total. The molecule has 0 radical (unpaired) electrons. The van der Waals surface area contributed by atoms with Crippen molar-refractivity contribution >= 4 is 13.1 Å². The van der Waals surface area contributed by atoms with Crippen molar-refractivity contribution in [1.82, 2.24) is 5.32 Å². The van der Waals surface area contributed by atoms with Gasteiger partial charge in [0.1, 0.15) is 5.60 Å². The average Bonchev–Trinajstić information content (AvgIpc) is 1.93. The molecule has 8 heteroatoms. The van der Waals surface area contributed by atoms with Crippen LogP contribution in [-0.4, -0.2) is 24.7 Å². The normalized spacial score (nSPS) is 19.4. The number of amides is 1. The second kappa shape index (κ2) is 6.79. The minimum Gasteiger partial charge on any atom is -0.445 e. The fourth-order valence-corrected chi connectivity index (χ4v) is 1.55. The molecule has 0 bridgehead atoms. The third kappa shape index (κ3) is 7.83. The molecule has 0 heterocycles. The maximum atomic E-state index is 12.0. The van der Waals surface area contributed by atoms with Gasteiger partial charge in [0.15, 0.2) is 0 Å². The van der Waals surface area contributed by atoms with Crippen molar-refractivity contribution in [3.63, 3.8) is 0 Å². The molecule has 0 aromatic carbocycles. The summed E-state index contributed by atoms with van der Waals surface area (Å²) in [6, 6.07) is -0.241. The fourth-order valence-electron chi connectivity index (χ4n) is 1.55. The van der Waals surface area contributed by atoms with E-state index in [1.165, 1.54) is 0 Å². The van der Waals surface area contributed by atoms with Gasteiger partial charge in [-0.1, -0.05) is 5.57 Å². The Morgan fingerprint density at radius 2 is 1.89 bits per heavy atom. The smallest absolute Gasteiger partial charge is 0.445 e. The first-order valence-corrected chi connectivity index (χ1v) is 5.45. The van der Waals surface area contributed by atoms with Crippen molar-refractivity contribution in [2.75, 3.05) is 0 Å². The van der Waals surface area contributed by atoms with Gasteiger partial charge in [-0.05, 0) is 33.6 Å². The van der Waals surface area contributed by atoms with Gasteiger partial charge in [-0.2, -0.15) is 0 Å². The first kappa shape index (κ1) is 18.5. The van der Waals surface area contributed by atoms with Crippen LogP contribution >= 0.6 is 0 Å². The van der Waals surface area contributed by atoms with E-state index in [-0.39, 0.29) is 70.3 Å². The molecule has 1 saturated carbocycles. The van der Waals surface area contributed by atoms with Gasteiger partial charge in [0.25, 0.3) is 0 Å². The van der Waals surface area contributed by atoms with Crippen LogP contribution in [0.25, 0.3) is 0 Å². The van der Waals surface area contributed by atoms with Gasteiger partial charge in [-0.25, -0.2) is 4.79 Å². The molecule has 0 aromatic rings. The van der Waals surface area contributed by atoms with E-state index in [9.17, 15) is 17.7 Å². The number of hydrogen-bond acceptors (Lipinski definition) is 2. The van der Waals surface area contributed by atoms with E-state index in [2.05, 4.69) is 5.32 Å². The summed E-state index contributed by atoms with van der Waals surface area (Å²) in [7, 11) is 0. The van der Waals surface area contributed by atoms with E-state index in [1.54, 1.807) is 20.8 Å². The van der Waals surface area contributed by atoms with Crippen LogP contribution in [0.4, 0.5) is 17.7 Å². The van der Waals surface area contributed by atoms with E-state index in [4.69, 9.17) is 4.74 Å². The van der Waals surface area contributed by atoms with Crippen LogP contribution in [0.3, 0.4) is 0 Å². The van der Waals surface area contributed by atoms with Gasteiger partial charge in [-0.15, -0.1) is 5.98 Å². The predicted octanol–water partition coefficient (Wildman–Crippen LogP) is -0.00950. The zero-order valence-corrected chi connectivity index (χ0v) is 14.2. The first-order chi connectivity index (χ1) is 7.55. The number of carbonyl (C=O) groups is 1. The summed E-state index contributed by atoms with van der Waals surface area (Å²) in [6.45, 7) is 0.310. The molecular formula is C10H16BF3KNO2. The number of nitrogens with one attached hydrogen (secondary N) is 1. The number of halogens is 3. The van der Waals surface area contributed by atoms with Crippen LogP contribution in [-0.2, 0) is 4.74 Å². The van der Waals surface area contributed by atoms with Gasteiger partial charge in [0, 0.05) is 6.04 Å². The second-order valence-corrected chi connectivity index (χ2v) is 5.20. The number of ether oxygens (including phenoxy) is 1. The number of hydrogen-bond donors (Lipinski definition) is 1. The summed E-state index contributed by atoms with van der Waals surface area (Å²) in [4.78, 5) is 11.3. The quantitative estimate of drug-likeness (QED) is 0.726. The Kier molecular flexibility index (Phi) is 6.97. The number of alkyl carbamates (subject to hydrolysis) is 1. The maximum absolute atomic E-state index is 12.0. The molecule has 0 unspecified atom stereocenters. The van der Waals surface area contributed by atoms with Crippen LogP contribution in [0.5, 0.6) is 0 Å². The van der Waals surface area contributed by atoms with Crippen molar-refractivity contribution in [2.45, 2.75) is 45.3 Å². The van der Waals surface area contributed by atoms with Crippen molar-refractivity contribution < 1.29 is 73.9 Å². The summed E-state index contributed by atoms with van der Waals surface area (Å²) < 4.78 is 41.0. The van der Waals surface area contributed by atoms with Crippen molar-refractivity contribution in [3.8, 4) is 0 Å². The van der Waals surface area contributed by atoms with Crippen LogP contribution < -0.4 is 56.7 Å². The van der Waals surface area contributed by atoms with Crippen molar-refractivity contribution in [1.29, 1.82) is 0 Å². The molecule has 1 aliphatic rings. The van der Waals surface area contributed by atoms with Gasteiger partial charge in [-0.3, -0.25) is 0 Å². The molecule has 1 aliphatic carbocycles. The Morgan fingerprint density at radius 1 is 1.39 bits per heavy atom. The standard InChI is InChI=1S/C10H16BF3NO2.K/c1-10(2,3)17-9(16)15-8-4-7(5-8)6-11(12,13)14;/h6,8H,4-5H2,1-3H3,(H,15,16);/q-1;+1. The van der Waals surface area contributed by atoms with E-state index in [0.29, 0.717) is 11.5 Å². The molecule has 0 aliphatic heterocycles. The Morgan fingerprint density at radius 3 is 2.28 bits per heavy atom. The van der Waals surface area contributed by atoms with Crippen LogP contribution in [0.2, 0.25) is 0 Å². The topological polar surface area (TPSA) is 38.3 Å². The van der Waals surface area contributed by atoms with E-state index in [0.717, 1.165) is 0 Å². The molecule has 18 heavy (non-hydrogen) atoms. The monoisotopic (exact) mass is 289 g/mol. The molecule has 0 aromatic heterocycles. The van der Waals surface area contributed by atoms with E-state index >= 15 is 0 Å². The molecule has 0 atom stereocenters. The van der Waals surface area contributed by atoms with Gasteiger partial charge >= 0.3 is 64.5 Å². The first-order valence-electron chi connectivity index (χ1n) is 5.45.